The van der Waals surface area contributed by atoms with Crippen LogP contribution in [0.5, 0.6) is 6.01 Å². The molecule has 5 N–H and O–H groups in total. The zero-order valence-corrected chi connectivity index (χ0v) is 13.6. The molecule has 3 rings (SSSR count). The fraction of sp³-hybridized carbons (Fsp3) is 0.200. The van der Waals surface area contributed by atoms with Crippen molar-refractivity contribution in [2.24, 2.45) is 5.73 Å². The number of ether oxygens (including phenoxy) is 1. The van der Waals surface area contributed by atoms with Gasteiger partial charge in [-0.25, -0.2) is 0 Å². The van der Waals surface area contributed by atoms with E-state index >= 15 is 0 Å². The number of aromatic nitrogens is 3. The lowest BCUT2D eigenvalue weighted by Crippen LogP contribution is -2.10. The summed E-state index contributed by atoms with van der Waals surface area (Å²) in [4.78, 5) is 25.3. The van der Waals surface area contributed by atoms with Gasteiger partial charge in [0.2, 0.25) is 0 Å². The Morgan fingerprint density at radius 1 is 1.33 bits per heavy atom. The van der Waals surface area contributed by atoms with Gasteiger partial charge in [-0.15, -0.1) is 11.3 Å². The zero-order valence-electron chi connectivity index (χ0n) is 12.8. The largest absolute Gasteiger partial charge is 0.461 e. The lowest BCUT2D eigenvalue weighted by atomic mass is 10.1. The number of primary amides is 1. The standard InChI is InChI=1S/C15H15N5O3S/c1-7-3-2-4-8(18-7)11-9-10(16)12(13(17)22)24-14(9)20-15(19-11)23-6-5-21/h2-4,21H,5-6,16H2,1H3,(H2,17,22). The molecule has 0 aliphatic heterocycles. The Hall–Kier alpha value is -2.78. The minimum atomic E-state index is -0.628. The lowest BCUT2D eigenvalue weighted by molar-refractivity contribution is 0.100. The molecule has 3 aromatic rings. The summed E-state index contributed by atoms with van der Waals surface area (Å²) in [5.41, 5.74) is 13.5. The Balaban J connectivity index is 2.29. The molecule has 0 unspecified atom stereocenters. The van der Waals surface area contributed by atoms with Crippen molar-refractivity contribution in [1.82, 2.24) is 15.0 Å². The first kappa shape index (κ1) is 16.1. The van der Waals surface area contributed by atoms with Gasteiger partial charge in [0.05, 0.1) is 23.4 Å². The number of fused-ring (bicyclic) bond motifs is 1. The fourth-order valence-electron chi connectivity index (χ4n) is 2.25. The summed E-state index contributed by atoms with van der Waals surface area (Å²) in [7, 11) is 0. The number of aliphatic hydroxyl groups excluding tert-OH is 1. The molecule has 0 spiro atoms. The molecule has 0 aliphatic rings. The summed E-state index contributed by atoms with van der Waals surface area (Å²) in [6, 6.07) is 5.56. The number of aryl methyl sites for hydroxylation is 1. The van der Waals surface area contributed by atoms with Crippen molar-refractivity contribution >= 4 is 33.1 Å². The molecule has 0 saturated carbocycles. The van der Waals surface area contributed by atoms with Crippen LogP contribution in [0.3, 0.4) is 0 Å². The summed E-state index contributed by atoms with van der Waals surface area (Å²) >= 11 is 1.07. The van der Waals surface area contributed by atoms with Crippen molar-refractivity contribution in [2.75, 3.05) is 18.9 Å². The second-order valence-corrected chi connectivity index (χ2v) is 5.98. The van der Waals surface area contributed by atoms with E-state index in [-0.39, 0.29) is 29.8 Å². The molecule has 124 valence electrons. The minimum absolute atomic E-state index is 0.0513. The van der Waals surface area contributed by atoms with Gasteiger partial charge in [-0.2, -0.15) is 9.97 Å². The molecule has 3 aromatic heterocycles. The summed E-state index contributed by atoms with van der Waals surface area (Å²) < 4.78 is 5.31. The summed E-state index contributed by atoms with van der Waals surface area (Å²) in [6.07, 6.45) is 0. The third kappa shape index (κ3) is 2.86. The number of aliphatic hydroxyl groups is 1. The first-order chi connectivity index (χ1) is 11.5. The third-order valence-electron chi connectivity index (χ3n) is 3.25. The maximum Gasteiger partial charge on any atom is 0.318 e. The van der Waals surface area contributed by atoms with Crippen LogP contribution in [-0.4, -0.2) is 39.2 Å². The predicted octanol–water partition coefficient (Wildman–Crippen LogP) is 1.11. The van der Waals surface area contributed by atoms with Crippen LogP contribution in [0, 0.1) is 6.92 Å². The van der Waals surface area contributed by atoms with E-state index in [2.05, 4.69) is 15.0 Å². The van der Waals surface area contributed by atoms with Crippen molar-refractivity contribution in [2.45, 2.75) is 6.92 Å². The van der Waals surface area contributed by atoms with E-state index in [9.17, 15) is 4.79 Å². The van der Waals surface area contributed by atoms with Gasteiger partial charge < -0.3 is 21.3 Å². The van der Waals surface area contributed by atoms with Crippen LogP contribution in [0.2, 0.25) is 0 Å². The Morgan fingerprint density at radius 2 is 2.12 bits per heavy atom. The van der Waals surface area contributed by atoms with E-state index in [1.165, 1.54) is 0 Å². The molecule has 0 aliphatic carbocycles. The van der Waals surface area contributed by atoms with Crippen LogP contribution in [0.25, 0.3) is 21.6 Å². The first-order valence-electron chi connectivity index (χ1n) is 7.08. The summed E-state index contributed by atoms with van der Waals surface area (Å²) in [5.74, 6) is -0.628. The highest BCUT2D eigenvalue weighted by molar-refractivity contribution is 7.21. The molecule has 24 heavy (non-hydrogen) atoms. The van der Waals surface area contributed by atoms with Gasteiger partial charge >= 0.3 is 6.01 Å². The molecule has 8 nitrogen and oxygen atoms in total. The topological polar surface area (TPSA) is 137 Å². The van der Waals surface area contributed by atoms with Gasteiger partial charge in [0.25, 0.3) is 5.91 Å². The van der Waals surface area contributed by atoms with E-state index in [1.54, 1.807) is 6.07 Å². The number of hydrogen-bond acceptors (Lipinski definition) is 8. The van der Waals surface area contributed by atoms with E-state index in [0.717, 1.165) is 17.0 Å². The van der Waals surface area contributed by atoms with Crippen molar-refractivity contribution in [3.05, 3.63) is 28.8 Å². The molecular formula is C15H15N5O3S. The monoisotopic (exact) mass is 345 g/mol. The smallest absolute Gasteiger partial charge is 0.318 e. The van der Waals surface area contributed by atoms with Crippen LogP contribution in [0.15, 0.2) is 18.2 Å². The highest BCUT2D eigenvalue weighted by atomic mass is 32.1. The van der Waals surface area contributed by atoms with E-state index in [4.69, 9.17) is 21.3 Å². The first-order valence-corrected chi connectivity index (χ1v) is 7.90. The average Bonchev–Trinajstić information content (AvgIpc) is 2.89. The molecular weight excluding hydrogens is 330 g/mol. The van der Waals surface area contributed by atoms with Crippen LogP contribution < -0.4 is 16.2 Å². The lowest BCUT2D eigenvalue weighted by Gasteiger charge is -2.07. The second-order valence-electron chi connectivity index (χ2n) is 4.98. The SMILES string of the molecule is Cc1cccc(-c2nc(OCCO)nc3sc(C(N)=O)c(N)c23)n1. The number of rotatable bonds is 5. The molecule has 0 fully saturated rings. The number of thiophene rings is 1. The van der Waals surface area contributed by atoms with Crippen LogP contribution >= 0.6 is 11.3 Å². The number of anilines is 1. The Bertz CT molecular complexity index is 925. The Morgan fingerprint density at radius 3 is 2.79 bits per heavy atom. The normalized spacial score (nSPS) is 10.9. The summed E-state index contributed by atoms with van der Waals surface area (Å²) in [6.45, 7) is 1.74. The van der Waals surface area contributed by atoms with Gasteiger partial charge in [0.1, 0.15) is 22.0 Å². The Kier molecular flexibility index (Phi) is 4.28. The number of carbonyl (C=O) groups is 1. The predicted molar refractivity (Wildman–Crippen MR) is 90.9 cm³/mol. The zero-order chi connectivity index (χ0) is 17.3. The van der Waals surface area contributed by atoms with E-state index < -0.39 is 5.91 Å². The maximum atomic E-state index is 11.6. The molecule has 1 amide bonds. The highest BCUT2D eigenvalue weighted by Gasteiger charge is 2.21. The number of carbonyl (C=O) groups excluding carboxylic acids is 1. The molecule has 0 aromatic carbocycles. The maximum absolute atomic E-state index is 11.6. The molecule has 9 heteroatoms. The second kappa shape index (κ2) is 6.38. The molecule has 3 heterocycles. The van der Waals surface area contributed by atoms with Crippen molar-refractivity contribution in [3.63, 3.8) is 0 Å². The number of hydrogen-bond donors (Lipinski definition) is 3. The van der Waals surface area contributed by atoms with Gasteiger partial charge in [-0.05, 0) is 19.1 Å². The van der Waals surface area contributed by atoms with Crippen LogP contribution in [0.4, 0.5) is 5.69 Å². The minimum Gasteiger partial charge on any atom is -0.461 e. The molecule has 0 bridgehead atoms. The summed E-state index contributed by atoms with van der Waals surface area (Å²) in [5, 5.41) is 9.43. The fourth-order valence-corrected chi connectivity index (χ4v) is 3.19. The van der Waals surface area contributed by atoms with Crippen LogP contribution in [0.1, 0.15) is 15.4 Å². The number of amides is 1. The van der Waals surface area contributed by atoms with Crippen LogP contribution in [-0.2, 0) is 0 Å². The van der Waals surface area contributed by atoms with E-state index in [0.29, 0.717) is 21.6 Å². The Labute approximate surface area is 141 Å². The molecule has 0 atom stereocenters. The highest BCUT2D eigenvalue weighted by Crippen LogP contribution is 2.38. The number of nitrogens with two attached hydrogens (primary N) is 2. The van der Waals surface area contributed by atoms with E-state index in [1.807, 2.05) is 19.1 Å². The number of pyridine rings is 1. The van der Waals surface area contributed by atoms with Crippen molar-refractivity contribution < 1.29 is 14.6 Å². The van der Waals surface area contributed by atoms with Crippen molar-refractivity contribution in [3.8, 4) is 17.4 Å². The van der Waals surface area contributed by atoms with Gasteiger partial charge in [0.15, 0.2) is 0 Å². The molecule has 0 saturated heterocycles. The number of nitrogen functional groups attached to an aromatic ring is 1. The van der Waals surface area contributed by atoms with Gasteiger partial charge in [0, 0.05) is 5.69 Å². The van der Waals surface area contributed by atoms with Gasteiger partial charge in [-0.1, -0.05) is 6.07 Å². The van der Waals surface area contributed by atoms with Gasteiger partial charge in [-0.3, -0.25) is 9.78 Å². The third-order valence-corrected chi connectivity index (χ3v) is 4.36. The quantitative estimate of drug-likeness (QED) is 0.630. The molecule has 0 radical (unpaired) electrons. The van der Waals surface area contributed by atoms with Crippen molar-refractivity contribution in [1.29, 1.82) is 0 Å². The average molecular weight is 345 g/mol. The number of nitrogens with zero attached hydrogens (tertiary/aromatic N) is 3.